The summed E-state index contributed by atoms with van der Waals surface area (Å²) < 4.78 is 10.7. The molecular formula is C65H118O5. The zero-order valence-electron chi connectivity index (χ0n) is 46.8. The minimum Gasteiger partial charge on any atom is -0.462 e. The van der Waals surface area contributed by atoms with Crippen LogP contribution in [0.4, 0.5) is 0 Å². The van der Waals surface area contributed by atoms with Crippen molar-refractivity contribution < 1.29 is 24.2 Å². The predicted octanol–water partition coefficient (Wildman–Crippen LogP) is 21.0. The first kappa shape index (κ1) is 67.6. The normalized spacial score (nSPS) is 12.6. The van der Waals surface area contributed by atoms with Crippen LogP contribution in [-0.2, 0) is 19.1 Å². The fourth-order valence-corrected chi connectivity index (χ4v) is 9.19. The minimum atomic E-state index is -0.772. The highest BCUT2D eigenvalue weighted by Crippen LogP contribution is 2.17. The van der Waals surface area contributed by atoms with Crippen LogP contribution in [0.5, 0.6) is 0 Å². The highest BCUT2D eigenvalue weighted by atomic mass is 16.6. The quantitative estimate of drug-likeness (QED) is 0.0373. The van der Waals surface area contributed by atoms with Gasteiger partial charge < -0.3 is 14.6 Å². The third-order valence-electron chi connectivity index (χ3n) is 13.8. The van der Waals surface area contributed by atoms with E-state index in [0.29, 0.717) is 12.8 Å². The van der Waals surface area contributed by atoms with Gasteiger partial charge in [-0.25, -0.2) is 0 Å². The number of rotatable bonds is 57. The molecule has 5 heteroatoms. The third-order valence-corrected chi connectivity index (χ3v) is 13.8. The Morgan fingerprint density at radius 3 is 0.943 bits per heavy atom. The molecule has 0 aliphatic heterocycles. The summed E-state index contributed by atoms with van der Waals surface area (Å²) >= 11 is 0. The standard InChI is InChI=1S/C65H118O5/c1-3-5-7-9-11-13-15-17-19-21-23-25-27-29-30-31-32-33-34-36-38-40-42-44-46-48-50-52-54-56-58-60-65(68)70-63(61-66)62-69-64(67)59-57-55-53-51-49-47-45-43-41-39-37-35-28-26-24-22-20-18-16-14-12-10-8-6-4-2/h5,7,11,13,17,19,22-25,63,66H,3-4,6,8-10,12,14-16,18,20-21,26-62H2,1-2H3/b7-5-,13-11-,19-17-,24-22-,25-23-. The van der Waals surface area contributed by atoms with Crippen molar-refractivity contribution in [3.63, 3.8) is 0 Å². The molecule has 1 unspecified atom stereocenters. The molecule has 0 bridgehead atoms. The van der Waals surface area contributed by atoms with Crippen LogP contribution < -0.4 is 0 Å². The number of ether oxygens (including phenoxy) is 2. The van der Waals surface area contributed by atoms with Crippen LogP contribution in [-0.4, -0.2) is 36.4 Å². The van der Waals surface area contributed by atoms with E-state index >= 15 is 0 Å². The first-order valence-electron chi connectivity index (χ1n) is 30.8. The lowest BCUT2D eigenvalue weighted by Gasteiger charge is -2.15. The molecule has 0 aliphatic carbocycles. The molecule has 0 amide bonds. The van der Waals surface area contributed by atoms with E-state index in [4.69, 9.17) is 9.47 Å². The van der Waals surface area contributed by atoms with Crippen LogP contribution in [0, 0.1) is 0 Å². The first-order valence-corrected chi connectivity index (χ1v) is 30.8. The fourth-order valence-electron chi connectivity index (χ4n) is 9.19. The largest absolute Gasteiger partial charge is 0.462 e. The lowest BCUT2D eigenvalue weighted by molar-refractivity contribution is -0.161. The average Bonchev–Trinajstić information content (AvgIpc) is 3.36. The molecule has 0 saturated carbocycles. The minimum absolute atomic E-state index is 0.0627. The van der Waals surface area contributed by atoms with Crippen molar-refractivity contribution in [2.75, 3.05) is 13.2 Å². The van der Waals surface area contributed by atoms with Crippen LogP contribution in [0.3, 0.4) is 0 Å². The monoisotopic (exact) mass is 979 g/mol. The van der Waals surface area contributed by atoms with Crippen LogP contribution in [0.2, 0.25) is 0 Å². The van der Waals surface area contributed by atoms with E-state index in [1.54, 1.807) is 0 Å². The molecule has 0 rings (SSSR count). The highest BCUT2D eigenvalue weighted by molar-refractivity contribution is 5.70. The van der Waals surface area contributed by atoms with Gasteiger partial charge >= 0.3 is 11.9 Å². The molecule has 0 fully saturated rings. The summed E-state index contributed by atoms with van der Waals surface area (Å²) in [4.78, 5) is 24.6. The Bertz CT molecular complexity index is 1200. The first-order chi connectivity index (χ1) is 34.6. The average molecular weight is 980 g/mol. The highest BCUT2D eigenvalue weighted by Gasteiger charge is 2.16. The van der Waals surface area contributed by atoms with Crippen molar-refractivity contribution in [3.05, 3.63) is 60.8 Å². The Balaban J connectivity index is 3.43. The van der Waals surface area contributed by atoms with Gasteiger partial charge in [0.1, 0.15) is 6.61 Å². The number of unbranched alkanes of at least 4 members (excludes halogenated alkanes) is 39. The molecule has 0 aromatic rings. The Labute approximate surface area is 436 Å². The van der Waals surface area contributed by atoms with Crippen molar-refractivity contribution in [1.82, 2.24) is 0 Å². The zero-order chi connectivity index (χ0) is 50.6. The van der Waals surface area contributed by atoms with Crippen LogP contribution >= 0.6 is 0 Å². The van der Waals surface area contributed by atoms with Gasteiger partial charge in [0.15, 0.2) is 6.10 Å². The lowest BCUT2D eigenvalue weighted by atomic mass is 10.0. The van der Waals surface area contributed by atoms with E-state index in [2.05, 4.69) is 74.6 Å². The Kier molecular flexibility index (Phi) is 58.8. The molecule has 0 heterocycles. The number of aliphatic hydroxyl groups excluding tert-OH is 1. The summed E-state index contributed by atoms with van der Waals surface area (Å²) in [5, 5.41) is 9.68. The molecule has 0 saturated heterocycles. The molecule has 1 atom stereocenters. The number of aliphatic hydroxyl groups is 1. The maximum Gasteiger partial charge on any atom is 0.306 e. The third kappa shape index (κ3) is 58.2. The van der Waals surface area contributed by atoms with Crippen molar-refractivity contribution in [1.29, 1.82) is 0 Å². The van der Waals surface area contributed by atoms with Crippen LogP contribution in [0.1, 0.15) is 322 Å². The fraction of sp³-hybridized carbons (Fsp3) is 0.815. The van der Waals surface area contributed by atoms with Crippen LogP contribution in [0.15, 0.2) is 60.8 Å². The SMILES string of the molecule is CC/C=C\C/C=C\C/C=C\C/C=C\CCCCCCCCCCCCCCCCCCCCC(=O)OC(CO)COC(=O)CCCCCCCCCCCCCCC/C=C\CCCCCCCCCC. The van der Waals surface area contributed by atoms with Gasteiger partial charge in [-0.1, -0.05) is 293 Å². The van der Waals surface area contributed by atoms with E-state index in [-0.39, 0.29) is 25.2 Å². The summed E-state index contributed by atoms with van der Waals surface area (Å²) in [6.45, 7) is 4.07. The summed E-state index contributed by atoms with van der Waals surface area (Å²) in [6.07, 6.45) is 82.2. The molecule has 70 heavy (non-hydrogen) atoms. The smallest absolute Gasteiger partial charge is 0.306 e. The van der Waals surface area contributed by atoms with Gasteiger partial charge in [0, 0.05) is 12.8 Å². The molecule has 0 aromatic heterocycles. The van der Waals surface area contributed by atoms with Crippen molar-refractivity contribution >= 4 is 11.9 Å². The van der Waals surface area contributed by atoms with Gasteiger partial charge in [-0.05, 0) is 77.0 Å². The van der Waals surface area contributed by atoms with E-state index in [1.807, 2.05) is 0 Å². The second-order valence-electron chi connectivity index (χ2n) is 20.8. The lowest BCUT2D eigenvalue weighted by Crippen LogP contribution is -2.28. The van der Waals surface area contributed by atoms with Gasteiger partial charge in [0.25, 0.3) is 0 Å². The van der Waals surface area contributed by atoms with Gasteiger partial charge in [0.2, 0.25) is 0 Å². The number of esters is 2. The van der Waals surface area contributed by atoms with E-state index in [1.165, 1.54) is 231 Å². The van der Waals surface area contributed by atoms with Gasteiger partial charge in [-0.3, -0.25) is 9.59 Å². The summed E-state index contributed by atoms with van der Waals surface area (Å²) in [7, 11) is 0. The van der Waals surface area contributed by atoms with Crippen molar-refractivity contribution in [2.45, 2.75) is 328 Å². The summed E-state index contributed by atoms with van der Waals surface area (Å²) in [5.41, 5.74) is 0. The molecule has 1 N–H and O–H groups in total. The molecular weight excluding hydrogens is 861 g/mol. The topological polar surface area (TPSA) is 72.8 Å². The van der Waals surface area contributed by atoms with Gasteiger partial charge in [-0.15, -0.1) is 0 Å². The number of allylic oxidation sites excluding steroid dienone is 10. The molecule has 408 valence electrons. The maximum atomic E-state index is 12.3. The van der Waals surface area contributed by atoms with E-state index in [9.17, 15) is 14.7 Å². The van der Waals surface area contributed by atoms with E-state index < -0.39 is 6.10 Å². The van der Waals surface area contributed by atoms with Gasteiger partial charge in [-0.2, -0.15) is 0 Å². The summed E-state index contributed by atoms with van der Waals surface area (Å²) in [6, 6.07) is 0. The zero-order valence-corrected chi connectivity index (χ0v) is 46.8. The number of hydrogen-bond donors (Lipinski definition) is 1. The number of hydrogen-bond acceptors (Lipinski definition) is 5. The van der Waals surface area contributed by atoms with Crippen LogP contribution in [0.25, 0.3) is 0 Å². The van der Waals surface area contributed by atoms with Crippen molar-refractivity contribution in [2.24, 2.45) is 0 Å². The number of carbonyl (C=O) groups excluding carboxylic acids is 2. The second-order valence-corrected chi connectivity index (χ2v) is 20.8. The summed E-state index contributed by atoms with van der Waals surface area (Å²) in [5.74, 6) is -0.575. The van der Waals surface area contributed by atoms with Crippen molar-refractivity contribution in [3.8, 4) is 0 Å². The Morgan fingerprint density at radius 1 is 0.343 bits per heavy atom. The Morgan fingerprint density at radius 2 is 0.614 bits per heavy atom. The second kappa shape index (κ2) is 60.9. The predicted molar refractivity (Wildman–Crippen MR) is 307 cm³/mol. The molecule has 0 aliphatic rings. The molecule has 0 aromatic carbocycles. The Hall–Kier alpha value is -2.40. The van der Waals surface area contributed by atoms with E-state index in [0.717, 1.165) is 64.2 Å². The molecule has 0 spiro atoms. The molecule has 0 radical (unpaired) electrons. The maximum absolute atomic E-state index is 12.3. The molecule has 5 nitrogen and oxygen atoms in total. The number of carbonyl (C=O) groups is 2. The van der Waals surface area contributed by atoms with Gasteiger partial charge in [0.05, 0.1) is 6.61 Å².